The molecule has 1 atom stereocenters. The fourth-order valence-electron chi connectivity index (χ4n) is 2.75. The Hall–Kier alpha value is -2.38. The maximum absolute atomic E-state index is 12.6. The van der Waals surface area contributed by atoms with Gasteiger partial charge in [-0.3, -0.25) is 9.52 Å². The van der Waals surface area contributed by atoms with Crippen LogP contribution in [0.5, 0.6) is 0 Å². The molecule has 7 heteroatoms. The van der Waals surface area contributed by atoms with Crippen molar-refractivity contribution in [3.05, 3.63) is 59.7 Å². The van der Waals surface area contributed by atoms with Crippen LogP contribution in [-0.2, 0) is 14.8 Å². The van der Waals surface area contributed by atoms with Crippen molar-refractivity contribution in [2.75, 3.05) is 17.9 Å². The number of hydrogen-bond acceptors (Lipinski definition) is 4. The largest absolute Gasteiger partial charge is 0.376 e. The number of carbonyl (C=O) groups is 1. The van der Waals surface area contributed by atoms with Crippen molar-refractivity contribution in [1.29, 1.82) is 0 Å². The minimum atomic E-state index is -3.77. The van der Waals surface area contributed by atoms with E-state index in [0.717, 1.165) is 25.0 Å². The number of sulfonamides is 1. The highest BCUT2D eigenvalue weighted by Crippen LogP contribution is 2.18. The number of anilines is 1. The number of benzene rings is 2. The first-order valence-electron chi connectivity index (χ1n) is 8.53. The average Bonchev–Trinajstić information content (AvgIpc) is 3.15. The third-order valence-corrected chi connectivity index (χ3v) is 5.60. The zero-order valence-corrected chi connectivity index (χ0v) is 15.4. The number of ether oxygens (including phenoxy) is 1. The Kier molecular flexibility index (Phi) is 5.58. The van der Waals surface area contributed by atoms with E-state index >= 15 is 0 Å². The molecule has 0 radical (unpaired) electrons. The van der Waals surface area contributed by atoms with Crippen LogP contribution in [0, 0.1) is 6.92 Å². The molecular formula is C19H22N2O4S. The topological polar surface area (TPSA) is 84.5 Å². The van der Waals surface area contributed by atoms with E-state index in [-0.39, 0.29) is 16.9 Å². The number of amides is 1. The number of aryl methyl sites for hydroxylation is 1. The fourth-order valence-corrected chi connectivity index (χ4v) is 3.86. The standard InChI is InChI=1S/C19H22N2O4S/c1-14-7-9-16(10-8-14)21-26(23,24)18-6-2-4-15(12-18)19(22)20-13-17-5-3-11-25-17/h2,4,6-10,12,17,21H,3,5,11,13H2,1H3,(H,20,22)/t17-/m1/s1. The molecule has 1 saturated heterocycles. The highest BCUT2D eigenvalue weighted by atomic mass is 32.2. The van der Waals surface area contributed by atoms with Gasteiger partial charge >= 0.3 is 0 Å². The molecule has 0 bridgehead atoms. The molecule has 2 N–H and O–H groups in total. The van der Waals surface area contributed by atoms with Crippen molar-refractivity contribution in [3.63, 3.8) is 0 Å². The Morgan fingerprint density at radius 1 is 1.19 bits per heavy atom. The fraction of sp³-hybridized carbons (Fsp3) is 0.316. The Balaban J connectivity index is 1.70. The van der Waals surface area contributed by atoms with Gasteiger partial charge < -0.3 is 10.1 Å². The average molecular weight is 374 g/mol. The van der Waals surface area contributed by atoms with Crippen LogP contribution in [0.4, 0.5) is 5.69 Å². The normalized spacial score (nSPS) is 17.0. The van der Waals surface area contributed by atoms with Gasteiger partial charge in [0.1, 0.15) is 0 Å². The summed E-state index contributed by atoms with van der Waals surface area (Å²) >= 11 is 0. The summed E-state index contributed by atoms with van der Waals surface area (Å²) in [6, 6.07) is 13.0. The lowest BCUT2D eigenvalue weighted by atomic mass is 10.2. The van der Waals surface area contributed by atoms with E-state index in [1.54, 1.807) is 24.3 Å². The van der Waals surface area contributed by atoms with E-state index in [4.69, 9.17) is 4.74 Å². The predicted molar refractivity (Wildman–Crippen MR) is 99.7 cm³/mol. The van der Waals surface area contributed by atoms with E-state index in [1.807, 2.05) is 19.1 Å². The second kappa shape index (κ2) is 7.88. The molecule has 2 aromatic rings. The van der Waals surface area contributed by atoms with Crippen LogP contribution >= 0.6 is 0 Å². The number of hydrogen-bond donors (Lipinski definition) is 2. The van der Waals surface area contributed by atoms with E-state index in [1.165, 1.54) is 12.1 Å². The molecule has 6 nitrogen and oxygen atoms in total. The Morgan fingerprint density at radius 3 is 2.65 bits per heavy atom. The highest BCUT2D eigenvalue weighted by molar-refractivity contribution is 7.92. The quantitative estimate of drug-likeness (QED) is 0.814. The van der Waals surface area contributed by atoms with Crippen LogP contribution in [0.3, 0.4) is 0 Å². The maximum Gasteiger partial charge on any atom is 0.261 e. The zero-order chi connectivity index (χ0) is 18.6. The summed E-state index contributed by atoms with van der Waals surface area (Å²) in [5, 5.41) is 2.80. The van der Waals surface area contributed by atoms with Gasteiger partial charge in [-0.05, 0) is 50.1 Å². The molecule has 1 aliphatic rings. The van der Waals surface area contributed by atoms with Gasteiger partial charge in [0.25, 0.3) is 15.9 Å². The number of rotatable bonds is 6. The van der Waals surface area contributed by atoms with Gasteiger partial charge in [-0.2, -0.15) is 0 Å². The van der Waals surface area contributed by atoms with Gasteiger partial charge in [-0.25, -0.2) is 8.42 Å². The predicted octanol–water partition coefficient (Wildman–Crippen LogP) is 2.70. The molecule has 0 saturated carbocycles. The zero-order valence-electron chi connectivity index (χ0n) is 14.6. The molecule has 0 aliphatic carbocycles. The van der Waals surface area contributed by atoms with Gasteiger partial charge in [-0.1, -0.05) is 23.8 Å². The number of nitrogens with one attached hydrogen (secondary N) is 2. The lowest BCUT2D eigenvalue weighted by Gasteiger charge is -2.12. The molecule has 1 amide bonds. The SMILES string of the molecule is Cc1ccc(NS(=O)(=O)c2cccc(C(=O)NC[C@H]3CCCO3)c2)cc1. The van der Waals surface area contributed by atoms with Crippen molar-refractivity contribution in [2.45, 2.75) is 30.8 Å². The minimum absolute atomic E-state index is 0.0362. The van der Waals surface area contributed by atoms with Crippen molar-refractivity contribution in [3.8, 4) is 0 Å². The third-order valence-electron chi connectivity index (χ3n) is 4.22. The summed E-state index contributed by atoms with van der Waals surface area (Å²) < 4.78 is 33.1. The van der Waals surface area contributed by atoms with E-state index < -0.39 is 10.0 Å². The first-order chi connectivity index (χ1) is 12.4. The molecule has 2 aromatic carbocycles. The van der Waals surface area contributed by atoms with Crippen LogP contribution in [0.25, 0.3) is 0 Å². The second-order valence-corrected chi connectivity index (χ2v) is 8.03. The molecule has 1 fully saturated rings. The molecule has 26 heavy (non-hydrogen) atoms. The summed E-state index contributed by atoms with van der Waals surface area (Å²) in [6.45, 7) is 3.08. The van der Waals surface area contributed by atoms with E-state index in [9.17, 15) is 13.2 Å². The first kappa shape index (κ1) is 18.4. The van der Waals surface area contributed by atoms with Crippen LogP contribution in [0.15, 0.2) is 53.4 Å². The van der Waals surface area contributed by atoms with Crippen LogP contribution in [0.2, 0.25) is 0 Å². The minimum Gasteiger partial charge on any atom is -0.376 e. The number of carbonyl (C=O) groups excluding carboxylic acids is 1. The van der Waals surface area contributed by atoms with Gasteiger partial charge in [0.05, 0.1) is 11.0 Å². The summed E-state index contributed by atoms with van der Waals surface area (Å²) in [7, 11) is -3.77. The van der Waals surface area contributed by atoms with Crippen molar-refractivity contribution < 1.29 is 17.9 Å². The highest BCUT2D eigenvalue weighted by Gasteiger charge is 2.19. The Morgan fingerprint density at radius 2 is 1.96 bits per heavy atom. The second-order valence-electron chi connectivity index (χ2n) is 6.34. The first-order valence-corrected chi connectivity index (χ1v) is 10.0. The van der Waals surface area contributed by atoms with Gasteiger partial charge in [0.15, 0.2) is 0 Å². The monoisotopic (exact) mass is 374 g/mol. The van der Waals surface area contributed by atoms with Crippen LogP contribution in [0.1, 0.15) is 28.8 Å². The summed E-state index contributed by atoms with van der Waals surface area (Å²) in [6.07, 6.45) is 1.96. The van der Waals surface area contributed by atoms with Gasteiger partial charge in [-0.15, -0.1) is 0 Å². The smallest absolute Gasteiger partial charge is 0.261 e. The van der Waals surface area contributed by atoms with E-state index in [2.05, 4.69) is 10.0 Å². The summed E-state index contributed by atoms with van der Waals surface area (Å²) in [5.74, 6) is -0.312. The van der Waals surface area contributed by atoms with Crippen LogP contribution < -0.4 is 10.0 Å². The molecule has 1 aliphatic heterocycles. The van der Waals surface area contributed by atoms with Gasteiger partial charge in [0.2, 0.25) is 0 Å². The van der Waals surface area contributed by atoms with E-state index in [0.29, 0.717) is 17.8 Å². The summed E-state index contributed by atoms with van der Waals surface area (Å²) in [5.41, 5.74) is 1.82. The Labute approximate surface area is 153 Å². The molecule has 1 heterocycles. The van der Waals surface area contributed by atoms with Crippen molar-refractivity contribution >= 4 is 21.6 Å². The third kappa shape index (κ3) is 4.62. The van der Waals surface area contributed by atoms with Gasteiger partial charge in [0, 0.05) is 24.4 Å². The molecule has 3 rings (SSSR count). The molecule has 0 unspecified atom stereocenters. The summed E-state index contributed by atoms with van der Waals surface area (Å²) in [4.78, 5) is 12.3. The molecule has 0 spiro atoms. The van der Waals surface area contributed by atoms with Crippen LogP contribution in [-0.4, -0.2) is 33.6 Å². The molecular weight excluding hydrogens is 352 g/mol. The lowest BCUT2D eigenvalue weighted by molar-refractivity contribution is 0.0857. The molecule has 0 aromatic heterocycles. The van der Waals surface area contributed by atoms with Crippen molar-refractivity contribution in [1.82, 2.24) is 5.32 Å². The maximum atomic E-state index is 12.6. The Bertz CT molecular complexity index is 873. The lowest BCUT2D eigenvalue weighted by Crippen LogP contribution is -2.31. The molecule has 138 valence electrons. The van der Waals surface area contributed by atoms with Crippen molar-refractivity contribution in [2.24, 2.45) is 0 Å².